The van der Waals surface area contributed by atoms with Crippen molar-refractivity contribution in [3.05, 3.63) is 63.2 Å². The van der Waals surface area contributed by atoms with E-state index in [0.29, 0.717) is 11.3 Å². The second kappa shape index (κ2) is 9.65. The van der Waals surface area contributed by atoms with Crippen LogP contribution in [0.25, 0.3) is 0 Å². The summed E-state index contributed by atoms with van der Waals surface area (Å²) >= 11 is 5.91. The van der Waals surface area contributed by atoms with E-state index in [1.54, 1.807) is 12.1 Å². The van der Waals surface area contributed by atoms with Crippen molar-refractivity contribution in [3.8, 4) is 5.75 Å². The number of nitrogens with zero attached hydrogens (tertiary/aromatic N) is 1. The number of non-ortho nitro benzene ring substituents is 1. The molecule has 0 fully saturated rings. The van der Waals surface area contributed by atoms with Gasteiger partial charge in [0.25, 0.3) is 11.6 Å². The quantitative estimate of drug-likeness (QED) is 0.300. The molecule has 1 unspecified atom stereocenters. The second-order valence-corrected chi connectivity index (χ2v) is 6.32. The van der Waals surface area contributed by atoms with E-state index in [0.717, 1.165) is 6.07 Å². The first-order valence-electron chi connectivity index (χ1n) is 8.35. The average Bonchev–Trinajstić information content (AvgIpc) is 2.67. The number of benzene rings is 2. The van der Waals surface area contributed by atoms with Crippen LogP contribution in [0.5, 0.6) is 5.75 Å². The maximum atomic E-state index is 12.1. The van der Waals surface area contributed by atoms with Crippen LogP contribution in [0.15, 0.2) is 42.5 Å². The van der Waals surface area contributed by atoms with E-state index in [1.807, 2.05) is 0 Å². The molecule has 1 atom stereocenters. The summed E-state index contributed by atoms with van der Waals surface area (Å²) in [6, 6.07) is 9.76. The fourth-order valence-corrected chi connectivity index (χ4v) is 2.39. The molecule has 0 radical (unpaired) electrons. The van der Waals surface area contributed by atoms with Gasteiger partial charge in [0.2, 0.25) is 0 Å². The van der Waals surface area contributed by atoms with Crippen LogP contribution in [0, 0.1) is 10.1 Å². The average molecular weight is 421 g/mol. The van der Waals surface area contributed by atoms with Gasteiger partial charge in [-0.05, 0) is 44.2 Å². The molecular weight excluding hydrogens is 404 g/mol. The molecule has 0 saturated carbocycles. The lowest BCUT2D eigenvalue weighted by atomic mass is 10.1. The van der Waals surface area contributed by atoms with E-state index in [9.17, 15) is 24.5 Å². The lowest BCUT2D eigenvalue weighted by Gasteiger charge is -2.14. The third kappa shape index (κ3) is 6.28. The number of nitro groups is 1. The van der Waals surface area contributed by atoms with Crippen LogP contribution in [0.4, 0.5) is 11.4 Å². The Morgan fingerprint density at radius 3 is 2.38 bits per heavy atom. The summed E-state index contributed by atoms with van der Waals surface area (Å²) in [5, 5.41) is 13.1. The highest BCUT2D eigenvalue weighted by Gasteiger charge is 2.20. The predicted octanol–water partition coefficient (Wildman–Crippen LogP) is 3.40. The molecule has 0 heterocycles. The molecule has 0 aromatic heterocycles. The molecule has 2 rings (SSSR count). The Kier molecular flexibility index (Phi) is 7.27. The highest BCUT2D eigenvalue weighted by molar-refractivity contribution is 6.34. The number of esters is 1. The van der Waals surface area contributed by atoms with Crippen molar-refractivity contribution in [2.24, 2.45) is 0 Å². The molecule has 0 aliphatic heterocycles. The number of carbonyl (C=O) groups excluding carboxylic acids is 3. The van der Waals surface area contributed by atoms with Crippen molar-refractivity contribution in [2.75, 3.05) is 11.9 Å². The number of nitrogens with one attached hydrogen (secondary N) is 1. The molecule has 2 aromatic carbocycles. The Bertz CT molecular complexity index is 944. The third-order valence-corrected chi connectivity index (χ3v) is 4.03. The highest BCUT2D eigenvalue weighted by Crippen LogP contribution is 2.26. The van der Waals surface area contributed by atoms with Crippen molar-refractivity contribution in [2.45, 2.75) is 20.0 Å². The first-order valence-corrected chi connectivity index (χ1v) is 8.73. The molecular formula is C19H17ClN2O7. The Hall–Kier alpha value is -3.46. The summed E-state index contributed by atoms with van der Waals surface area (Å²) in [5.41, 5.74) is 0.433. The van der Waals surface area contributed by atoms with Gasteiger partial charge in [-0.2, -0.15) is 0 Å². The first kappa shape index (κ1) is 21.8. The molecule has 0 bridgehead atoms. The van der Waals surface area contributed by atoms with Gasteiger partial charge in [-0.25, -0.2) is 4.79 Å². The minimum Gasteiger partial charge on any atom is -0.482 e. The molecule has 0 aliphatic carbocycles. The zero-order chi connectivity index (χ0) is 21.6. The molecule has 0 aliphatic rings. The number of ketones is 1. The van der Waals surface area contributed by atoms with Gasteiger partial charge in [0.05, 0.1) is 15.6 Å². The Balaban J connectivity index is 1.86. The first-order chi connectivity index (χ1) is 13.7. The zero-order valence-electron chi connectivity index (χ0n) is 15.5. The van der Waals surface area contributed by atoms with E-state index < -0.39 is 29.5 Å². The largest absolute Gasteiger partial charge is 0.482 e. The summed E-state index contributed by atoms with van der Waals surface area (Å²) in [4.78, 5) is 45.3. The lowest BCUT2D eigenvalue weighted by molar-refractivity contribution is -0.384. The van der Waals surface area contributed by atoms with Crippen molar-refractivity contribution in [3.63, 3.8) is 0 Å². The number of hydrogen-bond acceptors (Lipinski definition) is 7. The topological polar surface area (TPSA) is 125 Å². The number of halogens is 1. The van der Waals surface area contributed by atoms with Crippen molar-refractivity contribution in [1.29, 1.82) is 0 Å². The van der Waals surface area contributed by atoms with E-state index in [-0.39, 0.29) is 22.2 Å². The van der Waals surface area contributed by atoms with E-state index >= 15 is 0 Å². The standard InChI is InChI=1S/C19H17ClN2O7/c1-11(23)13-3-6-15(7-4-13)28-10-18(24)29-12(2)19(25)21-17-8-5-14(22(26)27)9-16(17)20/h3-9,12H,10H2,1-2H3,(H,21,25). The smallest absolute Gasteiger partial charge is 0.344 e. The van der Waals surface area contributed by atoms with Gasteiger partial charge in [0.1, 0.15) is 5.75 Å². The van der Waals surface area contributed by atoms with Crippen LogP contribution >= 0.6 is 11.6 Å². The zero-order valence-corrected chi connectivity index (χ0v) is 16.3. The van der Waals surface area contributed by atoms with Crippen molar-refractivity contribution in [1.82, 2.24) is 0 Å². The fraction of sp³-hybridized carbons (Fsp3) is 0.211. The van der Waals surface area contributed by atoms with Gasteiger partial charge in [0.15, 0.2) is 18.5 Å². The van der Waals surface area contributed by atoms with Gasteiger partial charge in [-0.3, -0.25) is 19.7 Å². The summed E-state index contributed by atoms with van der Waals surface area (Å²) in [5.74, 6) is -1.18. The van der Waals surface area contributed by atoms with Gasteiger partial charge in [0, 0.05) is 17.7 Å². The lowest BCUT2D eigenvalue weighted by Crippen LogP contribution is -2.31. The SMILES string of the molecule is CC(=O)c1ccc(OCC(=O)OC(C)C(=O)Nc2ccc([N+](=O)[O-])cc2Cl)cc1. The van der Waals surface area contributed by atoms with Crippen molar-refractivity contribution < 1.29 is 28.8 Å². The monoisotopic (exact) mass is 420 g/mol. The van der Waals surface area contributed by atoms with E-state index in [1.165, 1.54) is 38.1 Å². The molecule has 1 amide bonds. The van der Waals surface area contributed by atoms with Gasteiger partial charge in [-0.15, -0.1) is 0 Å². The summed E-state index contributed by atoms with van der Waals surface area (Å²) in [6.07, 6.45) is -1.16. The fourth-order valence-electron chi connectivity index (χ4n) is 2.17. The van der Waals surface area contributed by atoms with Crippen LogP contribution in [-0.2, 0) is 14.3 Å². The number of Topliss-reactive ketones (excluding diaryl/α,β-unsaturated/α-hetero) is 1. The normalized spacial score (nSPS) is 11.3. The highest BCUT2D eigenvalue weighted by atomic mass is 35.5. The molecule has 0 saturated heterocycles. The Morgan fingerprint density at radius 1 is 1.17 bits per heavy atom. The molecule has 29 heavy (non-hydrogen) atoms. The maximum Gasteiger partial charge on any atom is 0.344 e. The third-order valence-electron chi connectivity index (χ3n) is 3.72. The van der Waals surface area contributed by atoms with Gasteiger partial charge >= 0.3 is 5.97 Å². The van der Waals surface area contributed by atoms with Crippen molar-refractivity contribution >= 4 is 40.6 Å². The minimum absolute atomic E-state index is 0.0246. The van der Waals surface area contributed by atoms with Crippen LogP contribution in [0.3, 0.4) is 0 Å². The molecule has 0 spiro atoms. The summed E-state index contributed by atoms with van der Waals surface area (Å²) in [6.45, 7) is 2.35. The van der Waals surface area contributed by atoms with Crippen LogP contribution in [0.1, 0.15) is 24.2 Å². The number of rotatable bonds is 8. The maximum absolute atomic E-state index is 12.1. The molecule has 1 N–H and O–H groups in total. The number of anilines is 1. The number of amides is 1. The van der Waals surface area contributed by atoms with Crippen LogP contribution in [0.2, 0.25) is 5.02 Å². The molecule has 10 heteroatoms. The molecule has 2 aromatic rings. The van der Waals surface area contributed by atoms with Gasteiger partial charge < -0.3 is 14.8 Å². The van der Waals surface area contributed by atoms with Gasteiger partial charge in [-0.1, -0.05) is 11.6 Å². The molecule has 9 nitrogen and oxygen atoms in total. The van der Waals surface area contributed by atoms with Crippen LogP contribution < -0.4 is 10.1 Å². The Morgan fingerprint density at radius 2 is 1.83 bits per heavy atom. The number of hydrogen-bond donors (Lipinski definition) is 1. The Labute approximate surface area is 170 Å². The number of nitro benzene ring substituents is 1. The van der Waals surface area contributed by atoms with Crippen LogP contribution in [-0.4, -0.2) is 35.3 Å². The van der Waals surface area contributed by atoms with E-state index in [4.69, 9.17) is 21.1 Å². The number of ether oxygens (including phenoxy) is 2. The van der Waals surface area contributed by atoms with E-state index in [2.05, 4.69) is 5.32 Å². The molecule has 152 valence electrons. The number of carbonyl (C=O) groups is 3. The second-order valence-electron chi connectivity index (χ2n) is 5.91. The predicted molar refractivity (Wildman–Crippen MR) is 104 cm³/mol. The summed E-state index contributed by atoms with van der Waals surface area (Å²) in [7, 11) is 0. The minimum atomic E-state index is -1.16. The summed E-state index contributed by atoms with van der Waals surface area (Å²) < 4.78 is 10.2.